The lowest BCUT2D eigenvalue weighted by Crippen LogP contribution is -2.42. The first-order valence-electron chi connectivity index (χ1n) is 6.89. The number of hydrogen-bond acceptors (Lipinski definition) is 3. The summed E-state index contributed by atoms with van der Waals surface area (Å²) in [5.74, 6) is 0.927. The molecule has 0 spiro atoms. The predicted octanol–water partition coefficient (Wildman–Crippen LogP) is 2.39. The van der Waals surface area contributed by atoms with Crippen molar-refractivity contribution < 1.29 is 0 Å². The summed E-state index contributed by atoms with van der Waals surface area (Å²) in [6.07, 6.45) is 5.72. The van der Waals surface area contributed by atoms with Crippen LogP contribution in [0.2, 0.25) is 0 Å². The average molecular weight is 237 g/mol. The molecule has 0 bridgehead atoms. The molecule has 1 N–H and O–H groups in total. The maximum absolute atomic E-state index is 9.22. The summed E-state index contributed by atoms with van der Waals surface area (Å²) in [4.78, 5) is 2.45. The summed E-state index contributed by atoms with van der Waals surface area (Å²) in [6, 6.07) is 3.13. The van der Waals surface area contributed by atoms with E-state index in [-0.39, 0.29) is 5.54 Å². The van der Waals surface area contributed by atoms with Crippen molar-refractivity contribution in [3.63, 3.8) is 0 Å². The smallest absolute Gasteiger partial charge is 0.106 e. The Morgan fingerprint density at radius 3 is 2.59 bits per heavy atom. The third-order valence-corrected chi connectivity index (χ3v) is 4.41. The van der Waals surface area contributed by atoms with Crippen molar-refractivity contribution in [2.75, 3.05) is 20.6 Å². The van der Waals surface area contributed by atoms with Crippen molar-refractivity contribution in [1.29, 1.82) is 5.26 Å². The molecule has 0 aromatic rings. The lowest BCUT2D eigenvalue weighted by Gasteiger charge is -2.28. The zero-order valence-corrected chi connectivity index (χ0v) is 11.8. The third-order valence-electron chi connectivity index (χ3n) is 4.41. The second-order valence-electron chi connectivity index (χ2n) is 5.46. The van der Waals surface area contributed by atoms with Gasteiger partial charge in [0.25, 0.3) is 0 Å². The lowest BCUT2D eigenvalue weighted by atomic mass is 9.92. The van der Waals surface area contributed by atoms with Crippen molar-refractivity contribution >= 4 is 0 Å². The molecule has 1 fully saturated rings. The molecule has 0 aromatic heterocycles. The second-order valence-corrected chi connectivity index (χ2v) is 5.46. The van der Waals surface area contributed by atoms with Gasteiger partial charge in [0.1, 0.15) is 5.54 Å². The zero-order valence-electron chi connectivity index (χ0n) is 11.8. The van der Waals surface area contributed by atoms with Gasteiger partial charge in [0.05, 0.1) is 6.07 Å². The fraction of sp³-hybridized carbons (Fsp3) is 0.929. The predicted molar refractivity (Wildman–Crippen MR) is 71.7 cm³/mol. The van der Waals surface area contributed by atoms with E-state index in [1.807, 2.05) is 7.05 Å². The van der Waals surface area contributed by atoms with Crippen LogP contribution in [0.3, 0.4) is 0 Å². The van der Waals surface area contributed by atoms with Crippen molar-refractivity contribution in [2.24, 2.45) is 5.92 Å². The molecular formula is C14H27N3. The molecule has 17 heavy (non-hydrogen) atoms. The Kier molecular flexibility index (Phi) is 5.42. The van der Waals surface area contributed by atoms with Crippen LogP contribution < -0.4 is 5.32 Å². The van der Waals surface area contributed by atoms with Gasteiger partial charge >= 0.3 is 0 Å². The van der Waals surface area contributed by atoms with E-state index in [1.165, 1.54) is 12.8 Å². The highest BCUT2D eigenvalue weighted by Gasteiger charge is 2.31. The van der Waals surface area contributed by atoms with Crippen LogP contribution in [0.4, 0.5) is 0 Å². The number of nitrogens with zero attached hydrogens (tertiary/aromatic N) is 2. The fourth-order valence-corrected chi connectivity index (χ4v) is 2.44. The van der Waals surface area contributed by atoms with Crippen LogP contribution in [0, 0.1) is 17.2 Å². The van der Waals surface area contributed by atoms with E-state index in [4.69, 9.17) is 0 Å². The van der Waals surface area contributed by atoms with E-state index in [0.717, 1.165) is 31.7 Å². The maximum Gasteiger partial charge on any atom is 0.106 e. The Morgan fingerprint density at radius 2 is 2.18 bits per heavy atom. The molecular weight excluding hydrogens is 210 g/mol. The van der Waals surface area contributed by atoms with Crippen LogP contribution in [-0.2, 0) is 0 Å². The van der Waals surface area contributed by atoms with Gasteiger partial charge in [-0.2, -0.15) is 5.26 Å². The van der Waals surface area contributed by atoms with Crippen molar-refractivity contribution in [3.8, 4) is 6.07 Å². The normalized spacial score (nSPS) is 20.9. The molecule has 0 aromatic carbocycles. The minimum absolute atomic E-state index is 0.316. The fourth-order valence-electron chi connectivity index (χ4n) is 2.44. The first-order chi connectivity index (χ1) is 8.08. The minimum Gasteiger partial charge on any atom is -0.303 e. The van der Waals surface area contributed by atoms with Gasteiger partial charge in [0.2, 0.25) is 0 Å². The number of hydrogen-bond donors (Lipinski definition) is 1. The first-order valence-corrected chi connectivity index (χ1v) is 6.89. The quantitative estimate of drug-likeness (QED) is 0.704. The van der Waals surface area contributed by atoms with Gasteiger partial charge in [-0.25, -0.2) is 0 Å². The Labute approximate surface area is 106 Å². The van der Waals surface area contributed by atoms with E-state index in [1.54, 1.807) is 0 Å². The maximum atomic E-state index is 9.22. The molecule has 3 heteroatoms. The summed E-state index contributed by atoms with van der Waals surface area (Å²) in [7, 11) is 4.10. The van der Waals surface area contributed by atoms with Gasteiger partial charge in [0.15, 0.2) is 0 Å². The first kappa shape index (κ1) is 14.5. The summed E-state index contributed by atoms with van der Waals surface area (Å²) in [5.41, 5.74) is -0.316. The van der Waals surface area contributed by atoms with E-state index in [0.29, 0.717) is 6.04 Å². The van der Waals surface area contributed by atoms with Crippen molar-refractivity contribution in [2.45, 2.75) is 57.5 Å². The van der Waals surface area contributed by atoms with Crippen LogP contribution >= 0.6 is 0 Å². The van der Waals surface area contributed by atoms with E-state index in [2.05, 4.69) is 37.2 Å². The minimum atomic E-state index is -0.316. The Balaban J connectivity index is 2.28. The standard InChI is InChI=1S/C14H27N3/c1-5-14(11-15,16-3)9-6-10-17(4)12(2)13-7-8-13/h12-13,16H,5-10H2,1-4H3. The zero-order chi connectivity index (χ0) is 12.9. The van der Waals surface area contributed by atoms with Crippen LogP contribution in [-0.4, -0.2) is 37.1 Å². The van der Waals surface area contributed by atoms with E-state index >= 15 is 0 Å². The molecule has 3 nitrogen and oxygen atoms in total. The highest BCUT2D eigenvalue weighted by Crippen LogP contribution is 2.34. The van der Waals surface area contributed by atoms with Crippen molar-refractivity contribution in [3.05, 3.63) is 0 Å². The Hall–Kier alpha value is -0.590. The Bertz CT molecular complexity index is 261. The van der Waals surface area contributed by atoms with Crippen LogP contribution in [0.25, 0.3) is 0 Å². The molecule has 1 aliphatic rings. The molecule has 1 saturated carbocycles. The van der Waals surface area contributed by atoms with Crippen LogP contribution in [0.5, 0.6) is 0 Å². The van der Waals surface area contributed by atoms with Gasteiger partial charge in [-0.1, -0.05) is 6.92 Å². The van der Waals surface area contributed by atoms with Crippen LogP contribution in [0.1, 0.15) is 46.0 Å². The third kappa shape index (κ3) is 3.97. The molecule has 1 aliphatic carbocycles. The lowest BCUT2D eigenvalue weighted by molar-refractivity contribution is 0.222. The molecule has 0 saturated heterocycles. The van der Waals surface area contributed by atoms with E-state index < -0.39 is 0 Å². The number of nitrogens with one attached hydrogen (secondary N) is 1. The second kappa shape index (κ2) is 6.37. The molecule has 0 heterocycles. The SMILES string of the molecule is CCC(C#N)(CCCN(C)C(C)C1CC1)NC. The number of rotatable bonds is 8. The van der Waals surface area contributed by atoms with Gasteiger partial charge in [-0.05, 0) is 65.6 Å². The summed E-state index contributed by atoms with van der Waals surface area (Å²) >= 11 is 0. The highest BCUT2D eigenvalue weighted by molar-refractivity contribution is 5.05. The highest BCUT2D eigenvalue weighted by atomic mass is 15.1. The Morgan fingerprint density at radius 1 is 1.53 bits per heavy atom. The van der Waals surface area contributed by atoms with Crippen molar-refractivity contribution in [1.82, 2.24) is 10.2 Å². The van der Waals surface area contributed by atoms with E-state index in [9.17, 15) is 5.26 Å². The summed E-state index contributed by atoms with van der Waals surface area (Å²) in [6.45, 7) is 5.51. The molecule has 0 radical (unpaired) electrons. The molecule has 2 unspecified atom stereocenters. The monoisotopic (exact) mass is 237 g/mol. The van der Waals surface area contributed by atoms with Gasteiger partial charge in [0, 0.05) is 6.04 Å². The molecule has 98 valence electrons. The summed E-state index contributed by atoms with van der Waals surface area (Å²) < 4.78 is 0. The average Bonchev–Trinajstić information content (AvgIpc) is 3.18. The van der Waals surface area contributed by atoms with Gasteiger partial charge in [-0.3, -0.25) is 0 Å². The molecule has 2 atom stereocenters. The molecule has 1 rings (SSSR count). The largest absolute Gasteiger partial charge is 0.303 e. The summed E-state index contributed by atoms with van der Waals surface area (Å²) in [5, 5.41) is 12.4. The molecule has 0 amide bonds. The van der Waals surface area contributed by atoms with Crippen LogP contribution in [0.15, 0.2) is 0 Å². The molecule has 0 aliphatic heterocycles. The number of nitriles is 1. The van der Waals surface area contributed by atoms with Gasteiger partial charge in [-0.15, -0.1) is 0 Å². The van der Waals surface area contributed by atoms with Gasteiger partial charge < -0.3 is 10.2 Å². The topological polar surface area (TPSA) is 39.1 Å².